The van der Waals surface area contributed by atoms with Crippen LogP contribution in [-0.2, 0) is 9.53 Å². The average molecular weight is 287 g/mol. The SMILES string of the molecule is COC(=O)/C(=C/c1ccc(OC(F)(F)F)cc1)N=[N+]=[N-]. The van der Waals surface area contributed by atoms with E-state index in [1.54, 1.807) is 0 Å². The molecule has 0 atom stereocenters. The van der Waals surface area contributed by atoms with Gasteiger partial charge in [-0.1, -0.05) is 17.2 Å². The first-order valence-corrected chi connectivity index (χ1v) is 5.06. The van der Waals surface area contributed by atoms with Crippen molar-refractivity contribution in [1.82, 2.24) is 0 Å². The number of azide groups is 1. The standard InChI is InChI=1S/C11H8F3N3O3/c1-19-10(18)9(16-17-15)6-7-2-4-8(5-3-7)20-11(12,13)14/h2-6H,1H3/b9-6-. The van der Waals surface area contributed by atoms with Gasteiger partial charge in [0.25, 0.3) is 0 Å². The van der Waals surface area contributed by atoms with Crippen LogP contribution in [0.2, 0.25) is 0 Å². The number of methoxy groups -OCH3 is 1. The number of ether oxygens (including phenoxy) is 2. The van der Waals surface area contributed by atoms with Gasteiger partial charge in [0, 0.05) is 4.91 Å². The maximum atomic E-state index is 12.0. The topological polar surface area (TPSA) is 84.3 Å². The van der Waals surface area contributed by atoms with Crippen LogP contribution in [0.5, 0.6) is 5.75 Å². The summed E-state index contributed by atoms with van der Waals surface area (Å²) in [7, 11) is 1.10. The number of nitrogens with zero attached hydrogens (tertiary/aromatic N) is 3. The molecule has 0 bridgehead atoms. The van der Waals surface area contributed by atoms with Gasteiger partial charge in [0.1, 0.15) is 11.4 Å². The van der Waals surface area contributed by atoms with Gasteiger partial charge in [-0.05, 0) is 29.3 Å². The fourth-order valence-electron chi connectivity index (χ4n) is 1.20. The molecule has 6 nitrogen and oxygen atoms in total. The number of hydrogen-bond acceptors (Lipinski definition) is 4. The van der Waals surface area contributed by atoms with Gasteiger partial charge in [-0.15, -0.1) is 13.2 Å². The van der Waals surface area contributed by atoms with E-state index in [0.29, 0.717) is 5.56 Å². The molecular formula is C11H8F3N3O3. The first kappa shape index (κ1) is 15.4. The van der Waals surface area contributed by atoms with Gasteiger partial charge in [0.2, 0.25) is 0 Å². The van der Waals surface area contributed by atoms with Crippen molar-refractivity contribution >= 4 is 12.0 Å². The van der Waals surface area contributed by atoms with E-state index in [4.69, 9.17) is 5.53 Å². The zero-order valence-electron chi connectivity index (χ0n) is 10.1. The Labute approximate surface area is 111 Å². The third-order valence-corrected chi connectivity index (χ3v) is 1.96. The lowest BCUT2D eigenvalue weighted by atomic mass is 10.2. The van der Waals surface area contributed by atoms with Gasteiger partial charge >= 0.3 is 12.3 Å². The summed E-state index contributed by atoms with van der Waals surface area (Å²) >= 11 is 0. The van der Waals surface area contributed by atoms with E-state index >= 15 is 0 Å². The van der Waals surface area contributed by atoms with Crippen molar-refractivity contribution in [1.29, 1.82) is 0 Å². The van der Waals surface area contributed by atoms with E-state index in [2.05, 4.69) is 19.5 Å². The van der Waals surface area contributed by atoms with E-state index in [-0.39, 0.29) is 5.70 Å². The van der Waals surface area contributed by atoms with Crippen LogP contribution in [0.4, 0.5) is 13.2 Å². The van der Waals surface area contributed by atoms with E-state index in [1.165, 1.54) is 18.2 Å². The summed E-state index contributed by atoms with van der Waals surface area (Å²) in [5, 5.41) is 3.13. The van der Waals surface area contributed by atoms with Crippen molar-refractivity contribution < 1.29 is 27.4 Å². The molecule has 0 aliphatic heterocycles. The number of esters is 1. The predicted molar refractivity (Wildman–Crippen MR) is 62.3 cm³/mol. The smallest absolute Gasteiger partial charge is 0.466 e. The van der Waals surface area contributed by atoms with Gasteiger partial charge in [-0.3, -0.25) is 0 Å². The Morgan fingerprint density at radius 1 is 1.35 bits per heavy atom. The first-order valence-electron chi connectivity index (χ1n) is 5.06. The maximum absolute atomic E-state index is 12.0. The van der Waals surface area contributed by atoms with E-state index in [1.807, 2.05) is 0 Å². The van der Waals surface area contributed by atoms with Crippen LogP contribution in [-0.4, -0.2) is 19.4 Å². The normalized spacial score (nSPS) is 11.5. The highest BCUT2D eigenvalue weighted by Gasteiger charge is 2.30. The lowest BCUT2D eigenvalue weighted by Crippen LogP contribution is -2.16. The molecule has 0 spiro atoms. The van der Waals surface area contributed by atoms with Gasteiger partial charge in [0.05, 0.1) is 7.11 Å². The molecule has 1 aromatic carbocycles. The summed E-state index contributed by atoms with van der Waals surface area (Å²) in [6, 6.07) is 4.64. The third-order valence-electron chi connectivity index (χ3n) is 1.96. The van der Waals surface area contributed by atoms with Crippen LogP contribution in [0.15, 0.2) is 35.1 Å². The largest absolute Gasteiger partial charge is 0.573 e. The highest BCUT2D eigenvalue weighted by atomic mass is 19.4. The van der Waals surface area contributed by atoms with E-state index in [0.717, 1.165) is 19.2 Å². The van der Waals surface area contributed by atoms with Crippen molar-refractivity contribution in [3.05, 3.63) is 46.0 Å². The third kappa shape index (κ3) is 4.91. The van der Waals surface area contributed by atoms with Crippen LogP contribution in [0.3, 0.4) is 0 Å². The van der Waals surface area contributed by atoms with Crippen LogP contribution >= 0.6 is 0 Å². The molecule has 0 N–H and O–H groups in total. The first-order chi connectivity index (χ1) is 9.35. The molecule has 1 rings (SSSR count). The Morgan fingerprint density at radius 2 is 1.95 bits per heavy atom. The highest BCUT2D eigenvalue weighted by molar-refractivity contribution is 5.93. The van der Waals surface area contributed by atoms with Crippen molar-refractivity contribution in [3.63, 3.8) is 0 Å². The number of hydrogen-bond donors (Lipinski definition) is 0. The molecule has 9 heteroatoms. The average Bonchev–Trinajstić information content (AvgIpc) is 2.38. The number of halogens is 3. The lowest BCUT2D eigenvalue weighted by Gasteiger charge is -2.08. The van der Waals surface area contributed by atoms with Crippen molar-refractivity contribution in [3.8, 4) is 5.75 Å². The maximum Gasteiger partial charge on any atom is 0.573 e. The monoisotopic (exact) mass is 287 g/mol. The predicted octanol–water partition coefficient (Wildman–Crippen LogP) is 3.41. The minimum absolute atomic E-state index is 0.320. The van der Waals surface area contributed by atoms with Crippen molar-refractivity contribution in [2.45, 2.75) is 6.36 Å². The van der Waals surface area contributed by atoms with E-state index < -0.39 is 18.1 Å². The second-order valence-electron chi connectivity index (χ2n) is 3.33. The molecule has 0 unspecified atom stereocenters. The van der Waals surface area contributed by atoms with Gasteiger partial charge in [-0.2, -0.15) is 0 Å². The Hall–Kier alpha value is -2.67. The summed E-state index contributed by atoms with van der Waals surface area (Å²) in [5.74, 6) is -1.27. The summed E-state index contributed by atoms with van der Waals surface area (Å²) in [5.41, 5.74) is 8.32. The van der Waals surface area contributed by atoms with E-state index in [9.17, 15) is 18.0 Å². The highest BCUT2D eigenvalue weighted by Crippen LogP contribution is 2.23. The summed E-state index contributed by atoms with van der Waals surface area (Å²) in [6.45, 7) is 0. The van der Waals surface area contributed by atoms with Gasteiger partial charge < -0.3 is 9.47 Å². The minimum atomic E-state index is -4.78. The molecule has 0 saturated carbocycles. The number of alkyl halides is 3. The van der Waals surface area contributed by atoms with Crippen LogP contribution in [0, 0.1) is 0 Å². The Morgan fingerprint density at radius 3 is 2.40 bits per heavy atom. The summed E-state index contributed by atoms with van der Waals surface area (Å²) in [4.78, 5) is 13.7. The summed E-state index contributed by atoms with van der Waals surface area (Å²) in [6.07, 6.45) is -3.61. The van der Waals surface area contributed by atoms with Gasteiger partial charge in [0.15, 0.2) is 0 Å². The Bertz CT molecular complexity index is 561. The number of rotatable bonds is 4. The molecule has 20 heavy (non-hydrogen) atoms. The molecule has 0 radical (unpaired) electrons. The fourth-order valence-corrected chi connectivity index (χ4v) is 1.20. The number of carbonyl (C=O) groups is 1. The fraction of sp³-hybridized carbons (Fsp3) is 0.182. The van der Waals surface area contributed by atoms with Gasteiger partial charge in [-0.25, -0.2) is 4.79 Å². The quantitative estimate of drug-likeness (QED) is 0.279. The van der Waals surface area contributed by atoms with Crippen LogP contribution < -0.4 is 4.74 Å². The zero-order valence-corrected chi connectivity index (χ0v) is 10.1. The molecule has 0 aliphatic rings. The molecule has 0 amide bonds. The lowest BCUT2D eigenvalue weighted by molar-refractivity contribution is -0.274. The Balaban J connectivity index is 2.97. The van der Waals surface area contributed by atoms with Crippen LogP contribution in [0.25, 0.3) is 16.5 Å². The summed E-state index contributed by atoms with van der Waals surface area (Å²) < 4.78 is 43.9. The molecule has 0 aliphatic carbocycles. The molecule has 0 heterocycles. The molecule has 0 saturated heterocycles. The zero-order chi connectivity index (χ0) is 15.2. The molecule has 0 fully saturated rings. The number of benzene rings is 1. The Kier molecular flexibility index (Phi) is 4.99. The van der Waals surface area contributed by atoms with Crippen molar-refractivity contribution in [2.75, 3.05) is 7.11 Å². The second kappa shape index (κ2) is 6.48. The second-order valence-corrected chi connectivity index (χ2v) is 3.33. The molecule has 106 valence electrons. The number of carbonyl (C=O) groups excluding carboxylic acids is 1. The molecule has 0 aromatic heterocycles. The molecule has 1 aromatic rings. The van der Waals surface area contributed by atoms with Crippen molar-refractivity contribution in [2.24, 2.45) is 5.11 Å². The minimum Gasteiger partial charge on any atom is -0.466 e. The molecular weight excluding hydrogens is 279 g/mol. The van der Waals surface area contributed by atoms with Crippen LogP contribution in [0.1, 0.15) is 5.56 Å².